The molecule has 1 aliphatic heterocycles. The van der Waals surface area contributed by atoms with E-state index in [-0.39, 0.29) is 18.0 Å². The first kappa shape index (κ1) is 21.7. The summed E-state index contributed by atoms with van der Waals surface area (Å²) in [6.07, 6.45) is 0.0230. The highest BCUT2D eigenvalue weighted by Crippen LogP contribution is 2.29. The quantitative estimate of drug-likeness (QED) is 0.552. The molecule has 1 amide bonds. The van der Waals surface area contributed by atoms with Crippen molar-refractivity contribution in [2.45, 2.75) is 31.9 Å². The number of hydrogen-bond donors (Lipinski definition) is 0. The van der Waals surface area contributed by atoms with Gasteiger partial charge in [0.15, 0.2) is 0 Å². The largest absolute Gasteiger partial charge is 0.416 e. The molecule has 0 atom stereocenters. The molecule has 0 unspecified atom stereocenters. The first-order valence-corrected chi connectivity index (χ1v) is 8.18. The van der Waals surface area contributed by atoms with Crippen LogP contribution in [0.2, 0.25) is 0 Å². The lowest BCUT2D eigenvalue weighted by molar-refractivity contribution is -0.137. The maximum absolute atomic E-state index is 12.7. The fraction of sp³-hybridized carbons (Fsp3) is 0.588. The molecule has 2 rings (SSSR count). The van der Waals surface area contributed by atoms with Gasteiger partial charge < -0.3 is 4.90 Å². The zero-order chi connectivity index (χ0) is 17.6. The molecule has 0 radical (unpaired) electrons. The second-order valence-electron chi connectivity index (χ2n) is 5.97. The molecular formula is C17H24ClF3N2O2. The third kappa shape index (κ3) is 6.84. The van der Waals surface area contributed by atoms with Crippen molar-refractivity contribution in [3.05, 3.63) is 35.4 Å². The summed E-state index contributed by atoms with van der Waals surface area (Å²) in [6, 6.07) is 4.36. The molecule has 1 heterocycles. The summed E-state index contributed by atoms with van der Waals surface area (Å²) in [7, 11) is 1.42. The summed E-state index contributed by atoms with van der Waals surface area (Å²) in [5, 5.41) is 1.01. The Kier molecular flexibility index (Phi) is 8.68. The van der Waals surface area contributed by atoms with Gasteiger partial charge in [0, 0.05) is 19.2 Å². The van der Waals surface area contributed by atoms with Gasteiger partial charge in [0.1, 0.15) is 0 Å². The van der Waals surface area contributed by atoms with Crippen molar-refractivity contribution in [2.24, 2.45) is 0 Å². The van der Waals surface area contributed by atoms with Crippen LogP contribution in [0, 0.1) is 0 Å². The van der Waals surface area contributed by atoms with E-state index in [0.29, 0.717) is 6.61 Å². The van der Waals surface area contributed by atoms with E-state index in [1.165, 1.54) is 38.4 Å². The van der Waals surface area contributed by atoms with Gasteiger partial charge in [-0.25, -0.2) is 5.06 Å². The normalized spacial score (nSPS) is 15.5. The first-order valence-electron chi connectivity index (χ1n) is 8.18. The topological polar surface area (TPSA) is 32.8 Å². The number of alkyl halides is 3. The van der Waals surface area contributed by atoms with E-state index < -0.39 is 17.6 Å². The molecule has 1 fully saturated rings. The lowest BCUT2D eigenvalue weighted by Gasteiger charge is -2.26. The third-order valence-electron chi connectivity index (χ3n) is 4.08. The van der Waals surface area contributed by atoms with Crippen LogP contribution in [0.25, 0.3) is 0 Å². The predicted octanol–water partition coefficient (Wildman–Crippen LogP) is 4.01. The minimum absolute atomic E-state index is 0. The number of piperidine rings is 1. The van der Waals surface area contributed by atoms with E-state index in [9.17, 15) is 18.0 Å². The molecule has 0 aliphatic carbocycles. The summed E-state index contributed by atoms with van der Waals surface area (Å²) >= 11 is 0. The van der Waals surface area contributed by atoms with Crippen LogP contribution in [-0.4, -0.2) is 49.2 Å². The number of hydrogen-bond acceptors (Lipinski definition) is 3. The van der Waals surface area contributed by atoms with E-state index in [1.54, 1.807) is 0 Å². The minimum atomic E-state index is -4.47. The van der Waals surface area contributed by atoms with Gasteiger partial charge in [0.05, 0.1) is 12.2 Å². The van der Waals surface area contributed by atoms with Gasteiger partial charge in [-0.15, -0.1) is 12.4 Å². The van der Waals surface area contributed by atoms with E-state index in [0.717, 1.165) is 43.3 Å². The fourth-order valence-electron chi connectivity index (χ4n) is 2.74. The van der Waals surface area contributed by atoms with E-state index in [4.69, 9.17) is 4.84 Å². The zero-order valence-corrected chi connectivity index (χ0v) is 15.0. The second kappa shape index (κ2) is 9.99. The van der Waals surface area contributed by atoms with Crippen LogP contribution < -0.4 is 0 Å². The Labute approximate surface area is 152 Å². The molecule has 1 saturated heterocycles. The summed E-state index contributed by atoms with van der Waals surface area (Å²) in [5.74, 6) is -0.584. The van der Waals surface area contributed by atoms with Gasteiger partial charge in [-0.3, -0.25) is 9.63 Å². The number of benzene rings is 1. The average Bonchev–Trinajstić information content (AvgIpc) is 2.58. The molecule has 1 aromatic carbocycles. The number of carbonyl (C=O) groups excluding carboxylic acids is 1. The van der Waals surface area contributed by atoms with E-state index in [2.05, 4.69) is 4.90 Å². The number of rotatable bonds is 6. The highest BCUT2D eigenvalue weighted by atomic mass is 35.5. The maximum atomic E-state index is 12.7. The predicted molar refractivity (Wildman–Crippen MR) is 91.6 cm³/mol. The lowest BCUT2D eigenvalue weighted by atomic mass is 10.1. The Morgan fingerprint density at radius 3 is 2.56 bits per heavy atom. The van der Waals surface area contributed by atoms with Gasteiger partial charge in [-0.1, -0.05) is 12.5 Å². The summed E-state index contributed by atoms with van der Waals surface area (Å²) < 4.78 is 38.1. The van der Waals surface area contributed by atoms with Crippen molar-refractivity contribution in [2.75, 3.05) is 33.3 Å². The van der Waals surface area contributed by atoms with Crippen LogP contribution in [0.5, 0.6) is 0 Å². The van der Waals surface area contributed by atoms with Gasteiger partial charge in [0.2, 0.25) is 0 Å². The smallest absolute Gasteiger partial charge is 0.303 e. The Morgan fingerprint density at radius 1 is 1.24 bits per heavy atom. The molecular weight excluding hydrogens is 357 g/mol. The molecule has 0 N–H and O–H groups in total. The molecule has 1 aliphatic rings. The molecule has 142 valence electrons. The maximum Gasteiger partial charge on any atom is 0.416 e. The van der Waals surface area contributed by atoms with Crippen molar-refractivity contribution in [3.63, 3.8) is 0 Å². The number of amides is 1. The monoisotopic (exact) mass is 380 g/mol. The van der Waals surface area contributed by atoms with Crippen molar-refractivity contribution in [1.29, 1.82) is 0 Å². The number of carbonyl (C=O) groups is 1. The van der Waals surface area contributed by atoms with Crippen molar-refractivity contribution < 1.29 is 22.8 Å². The minimum Gasteiger partial charge on any atom is -0.303 e. The number of hydroxylamine groups is 2. The first-order chi connectivity index (χ1) is 11.4. The zero-order valence-electron chi connectivity index (χ0n) is 14.2. The van der Waals surface area contributed by atoms with Crippen molar-refractivity contribution in [3.8, 4) is 0 Å². The van der Waals surface area contributed by atoms with Gasteiger partial charge in [-0.05, 0) is 50.6 Å². The lowest BCUT2D eigenvalue weighted by Crippen LogP contribution is -2.32. The van der Waals surface area contributed by atoms with Gasteiger partial charge in [0.25, 0.3) is 5.91 Å². The number of halogens is 4. The molecule has 25 heavy (non-hydrogen) atoms. The Morgan fingerprint density at radius 2 is 1.92 bits per heavy atom. The Balaban J connectivity index is 0.00000312. The summed E-state index contributed by atoms with van der Waals surface area (Å²) in [5.41, 5.74) is -0.879. The molecule has 8 heteroatoms. The molecule has 4 nitrogen and oxygen atoms in total. The second-order valence-corrected chi connectivity index (χ2v) is 5.97. The van der Waals surface area contributed by atoms with Gasteiger partial charge in [-0.2, -0.15) is 13.2 Å². The summed E-state index contributed by atoms with van der Waals surface area (Å²) in [4.78, 5) is 19.9. The fourth-order valence-corrected chi connectivity index (χ4v) is 2.74. The molecule has 0 saturated carbocycles. The highest BCUT2D eigenvalue weighted by molar-refractivity contribution is 5.93. The highest BCUT2D eigenvalue weighted by Gasteiger charge is 2.31. The Hall–Kier alpha value is -1.31. The van der Waals surface area contributed by atoms with E-state index in [1.807, 2.05) is 0 Å². The Bertz CT molecular complexity index is 549. The van der Waals surface area contributed by atoms with Crippen LogP contribution in [-0.2, 0) is 11.0 Å². The number of nitrogens with zero attached hydrogens (tertiary/aromatic N) is 2. The van der Waals surface area contributed by atoms with E-state index >= 15 is 0 Å². The average molecular weight is 381 g/mol. The SMILES string of the molecule is CN(OCCCN1CCCCC1)C(=O)c1cccc(C(F)(F)F)c1.Cl. The van der Waals surface area contributed by atoms with Crippen molar-refractivity contribution in [1.82, 2.24) is 9.96 Å². The third-order valence-corrected chi connectivity index (χ3v) is 4.08. The summed E-state index contributed by atoms with van der Waals surface area (Å²) in [6.45, 7) is 3.46. The van der Waals surface area contributed by atoms with Crippen molar-refractivity contribution >= 4 is 18.3 Å². The van der Waals surface area contributed by atoms with Crippen LogP contribution in [0.3, 0.4) is 0 Å². The standard InChI is InChI=1S/C17H23F3N2O2.ClH/c1-21(24-12-6-11-22-9-3-2-4-10-22)16(23)14-7-5-8-15(13-14)17(18,19)20;/h5,7-8,13H,2-4,6,9-12H2,1H3;1H. The molecule has 0 bridgehead atoms. The van der Waals surface area contributed by atoms with Crippen LogP contribution >= 0.6 is 12.4 Å². The van der Waals surface area contributed by atoms with Crippen LogP contribution in [0.4, 0.5) is 13.2 Å². The van der Waals surface area contributed by atoms with Crippen LogP contribution in [0.15, 0.2) is 24.3 Å². The molecule has 0 spiro atoms. The number of likely N-dealkylation sites (tertiary alicyclic amines) is 1. The molecule has 1 aromatic rings. The molecule has 0 aromatic heterocycles. The van der Waals surface area contributed by atoms with Gasteiger partial charge >= 0.3 is 6.18 Å². The van der Waals surface area contributed by atoms with Crippen LogP contribution in [0.1, 0.15) is 41.6 Å².